The van der Waals surface area contributed by atoms with Crippen molar-refractivity contribution >= 4 is 28.2 Å². The van der Waals surface area contributed by atoms with Gasteiger partial charge in [-0.15, -0.1) is 0 Å². The molecule has 0 saturated heterocycles. The summed E-state index contributed by atoms with van der Waals surface area (Å²) in [6.45, 7) is 4.63. The Labute approximate surface area is 179 Å². The van der Waals surface area contributed by atoms with Crippen molar-refractivity contribution in [1.82, 2.24) is 19.7 Å². The SMILES string of the molecule is COCCC(=O)Nc1nc2c(s1)-c1c(c(-c3ccc(N)nc3)nn1C(C)C)CCC2. The predicted octanol–water partition coefficient (Wildman–Crippen LogP) is 3.70. The van der Waals surface area contributed by atoms with E-state index in [1.165, 1.54) is 16.9 Å². The van der Waals surface area contributed by atoms with Gasteiger partial charge in [-0.3, -0.25) is 9.48 Å². The molecule has 0 fully saturated rings. The van der Waals surface area contributed by atoms with Gasteiger partial charge in [-0.1, -0.05) is 11.3 Å². The second-order valence-corrected chi connectivity index (χ2v) is 8.62. The van der Waals surface area contributed by atoms with E-state index in [1.807, 2.05) is 6.07 Å². The number of carbonyl (C=O) groups is 1. The first-order valence-electron chi connectivity index (χ1n) is 10.1. The lowest BCUT2D eigenvalue weighted by Crippen LogP contribution is -2.13. The fraction of sp³-hybridized carbons (Fsp3) is 0.429. The summed E-state index contributed by atoms with van der Waals surface area (Å²) in [4.78, 5) is 22.2. The van der Waals surface area contributed by atoms with Crippen molar-refractivity contribution in [2.75, 3.05) is 24.8 Å². The van der Waals surface area contributed by atoms with Crippen molar-refractivity contribution in [2.45, 2.75) is 45.6 Å². The number of thiazole rings is 1. The van der Waals surface area contributed by atoms with Crippen molar-refractivity contribution < 1.29 is 9.53 Å². The zero-order valence-electron chi connectivity index (χ0n) is 17.4. The topological polar surface area (TPSA) is 108 Å². The maximum absolute atomic E-state index is 12.1. The third-order valence-electron chi connectivity index (χ3n) is 5.09. The molecule has 0 spiro atoms. The second-order valence-electron chi connectivity index (χ2n) is 7.63. The zero-order chi connectivity index (χ0) is 21.3. The Morgan fingerprint density at radius 3 is 2.90 bits per heavy atom. The Kier molecular flexibility index (Phi) is 5.83. The molecule has 0 radical (unpaired) electrons. The van der Waals surface area contributed by atoms with Crippen LogP contribution < -0.4 is 11.1 Å². The molecule has 3 N–H and O–H groups in total. The van der Waals surface area contributed by atoms with E-state index < -0.39 is 0 Å². The summed E-state index contributed by atoms with van der Waals surface area (Å²) < 4.78 is 7.06. The summed E-state index contributed by atoms with van der Waals surface area (Å²) in [5, 5.41) is 8.49. The number of nitrogen functional groups attached to an aromatic ring is 1. The number of amides is 1. The van der Waals surface area contributed by atoms with Crippen LogP contribution in [0.3, 0.4) is 0 Å². The Balaban J connectivity index is 1.78. The van der Waals surface area contributed by atoms with Crippen LogP contribution in [0.1, 0.15) is 44.0 Å². The molecule has 158 valence electrons. The molecule has 3 aromatic heterocycles. The molecule has 9 heteroatoms. The van der Waals surface area contributed by atoms with Crippen LogP contribution in [0.4, 0.5) is 10.9 Å². The van der Waals surface area contributed by atoms with Crippen LogP contribution in [0.25, 0.3) is 21.8 Å². The van der Waals surface area contributed by atoms with Crippen LogP contribution in [0.2, 0.25) is 0 Å². The fourth-order valence-corrected chi connectivity index (χ4v) is 4.76. The predicted molar refractivity (Wildman–Crippen MR) is 119 cm³/mol. The van der Waals surface area contributed by atoms with Crippen molar-refractivity contribution in [1.29, 1.82) is 0 Å². The average molecular weight is 427 g/mol. The lowest BCUT2D eigenvalue weighted by atomic mass is 10.0. The summed E-state index contributed by atoms with van der Waals surface area (Å²) >= 11 is 1.52. The average Bonchev–Trinajstić information content (AvgIpc) is 3.24. The van der Waals surface area contributed by atoms with Gasteiger partial charge >= 0.3 is 0 Å². The molecule has 1 aliphatic carbocycles. The van der Waals surface area contributed by atoms with E-state index in [4.69, 9.17) is 20.6 Å². The van der Waals surface area contributed by atoms with Crippen molar-refractivity contribution in [3.63, 3.8) is 0 Å². The molecule has 30 heavy (non-hydrogen) atoms. The highest BCUT2D eigenvalue weighted by Gasteiger charge is 2.28. The monoisotopic (exact) mass is 426 g/mol. The fourth-order valence-electron chi connectivity index (χ4n) is 3.67. The van der Waals surface area contributed by atoms with Gasteiger partial charge in [-0.05, 0) is 45.2 Å². The molecule has 0 bridgehead atoms. The van der Waals surface area contributed by atoms with E-state index in [-0.39, 0.29) is 11.9 Å². The first-order valence-corrected chi connectivity index (χ1v) is 10.9. The number of anilines is 2. The minimum atomic E-state index is -0.0908. The number of hydrogen-bond donors (Lipinski definition) is 2. The molecule has 1 aliphatic rings. The summed E-state index contributed by atoms with van der Waals surface area (Å²) in [7, 11) is 1.58. The lowest BCUT2D eigenvalue weighted by molar-refractivity contribution is -0.117. The molecule has 0 aliphatic heterocycles. The highest BCUT2D eigenvalue weighted by Crippen LogP contribution is 2.43. The maximum Gasteiger partial charge on any atom is 0.228 e. The number of hydrogen-bond acceptors (Lipinski definition) is 7. The van der Waals surface area contributed by atoms with Gasteiger partial charge in [0.05, 0.1) is 35.0 Å². The smallest absolute Gasteiger partial charge is 0.228 e. The van der Waals surface area contributed by atoms with E-state index in [0.717, 1.165) is 46.8 Å². The third kappa shape index (κ3) is 3.95. The molecule has 0 aromatic carbocycles. The number of nitrogens with two attached hydrogens (primary N) is 1. The Morgan fingerprint density at radius 1 is 1.37 bits per heavy atom. The van der Waals surface area contributed by atoms with Crippen LogP contribution >= 0.6 is 11.3 Å². The number of ether oxygens (including phenoxy) is 1. The van der Waals surface area contributed by atoms with Crippen LogP contribution in [0, 0.1) is 0 Å². The first-order chi connectivity index (χ1) is 14.5. The molecule has 0 unspecified atom stereocenters. The molecule has 8 nitrogen and oxygen atoms in total. The molecule has 3 aromatic rings. The van der Waals surface area contributed by atoms with Crippen LogP contribution in [-0.2, 0) is 22.4 Å². The molecule has 0 saturated carbocycles. The normalized spacial score (nSPS) is 13.1. The second kappa shape index (κ2) is 8.53. The van der Waals surface area contributed by atoms with Crippen LogP contribution in [-0.4, -0.2) is 39.4 Å². The standard InChI is InChI=1S/C21H26N6O2S/c1-12(2)27-19-14(18(26-27)13-7-8-16(22)23-11-13)5-4-6-15-20(19)30-21(24-15)25-17(28)9-10-29-3/h7-8,11-12H,4-6,9-10H2,1-3H3,(H2,22,23)(H,24,25,28). The Bertz CT molecular complexity index is 1050. The third-order valence-corrected chi connectivity index (χ3v) is 6.11. The number of nitrogens with one attached hydrogen (secondary N) is 1. The number of fused-ring (bicyclic) bond motifs is 3. The number of aromatic nitrogens is 4. The molecular formula is C21H26N6O2S. The summed E-state index contributed by atoms with van der Waals surface area (Å²) in [6.07, 6.45) is 4.85. The number of methoxy groups -OCH3 is 1. The van der Waals surface area contributed by atoms with Gasteiger partial charge in [0, 0.05) is 30.5 Å². The van der Waals surface area contributed by atoms with Gasteiger partial charge in [-0.2, -0.15) is 5.10 Å². The minimum absolute atomic E-state index is 0.0908. The van der Waals surface area contributed by atoms with E-state index in [1.54, 1.807) is 19.4 Å². The van der Waals surface area contributed by atoms with Crippen molar-refractivity contribution in [3.8, 4) is 21.8 Å². The molecule has 3 heterocycles. The van der Waals surface area contributed by atoms with E-state index in [9.17, 15) is 4.79 Å². The Morgan fingerprint density at radius 2 is 2.20 bits per heavy atom. The number of rotatable bonds is 6. The largest absolute Gasteiger partial charge is 0.384 e. The van der Waals surface area contributed by atoms with Gasteiger partial charge in [0.1, 0.15) is 5.82 Å². The van der Waals surface area contributed by atoms with E-state index >= 15 is 0 Å². The minimum Gasteiger partial charge on any atom is -0.384 e. The summed E-state index contributed by atoms with van der Waals surface area (Å²) in [5.74, 6) is 0.402. The van der Waals surface area contributed by atoms with Crippen LogP contribution in [0.5, 0.6) is 0 Å². The molecule has 4 rings (SSSR count). The molecule has 0 atom stereocenters. The van der Waals surface area contributed by atoms with Crippen molar-refractivity contribution in [2.24, 2.45) is 0 Å². The molecular weight excluding hydrogens is 400 g/mol. The zero-order valence-corrected chi connectivity index (χ0v) is 18.3. The van der Waals surface area contributed by atoms with Crippen molar-refractivity contribution in [3.05, 3.63) is 29.6 Å². The first kappa shape index (κ1) is 20.5. The van der Waals surface area contributed by atoms with Gasteiger partial charge in [0.15, 0.2) is 5.13 Å². The van der Waals surface area contributed by atoms with E-state index in [2.05, 4.69) is 28.8 Å². The number of pyridine rings is 1. The number of carbonyl (C=O) groups excluding carboxylic acids is 1. The van der Waals surface area contributed by atoms with Gasteiger partial charge in [0.2, 0.25) is 5.91 Å². The maximum atomic E-state index is 12.1. The van der Waals surface area contributed by atoms with Gasteiger partial charge in [0.25, 0.3) is 0 Å². The highest BCUT2D eigenvalue weighted by molar-refractivity contribution is 7.19. The quantitative estimate of drug-likeness (QED) is 0.622. The summed E-state index contributed by atoms with van der Waals surface area (Å²) in [5.41, 5.74) is 11.0. The van der Waals surface area contributed by atoms with Crippen LogP contribution in [0.15, 0.2) is 18.3 Å². The molecule has 1 amide bonds. The van der Waals surface area contributed by atoms with Gasteiger partial charge < -0.3 is 15.8 Å². The highest BCUT2D eigenvalue weighted by atomic mass is 32.1. The number of aryl methyl sites for hydroxylation is 1. The lowest BCUT2D eigenvalue weighted by Gasteiger charge is -2.10. The Hall–Kier alpha value is -2.78. The van der Waals surface area contributed by atoms with E-state index in [0.29, 0.717) is 24.0 Å². The van der Waals surface area contributed by atoms with Gasteiger partial charge in [-0.25, -0.2) is 9.97 Å². The number of nitrogens with zero attached hydrogens (tertiary/aromatic N) is 4. The summed E-state index contributed by atoms with van der Waals surface area (Å²) in [6, 6.07) is 3.95.